The molecule has 0 aromatic heterocycles. The molecule has 1 aromatic rings. The second-order valence-electron chi connectivity index (χ2n) is 6.05. The minimum absolute atomic E-state index is 0.0200. The van der Waals surface area contributed by atoms with Crippen molar-refractivity contribution in [2.24, 2.45) is 0 Å². The van der Waals surface area contributed by atoms with E-state index in [9.17, 15) is 4.79 Å². The van der Waals surface area contributed by atoms with Gasteiger partial charge in [0.25, 0.3) is 0 Å². The highest BCUT2D eigenvalue weighted by Gasteiger charge is 2.23. The molecule has 1 amide bonds. The first-order valence-corrected chi connectivity index (χ1v) is 8.57. The Morgan fingerprint density at radius 1 is 1.17 bits per heavy atom. The van der Waals surface area contributed by atoms with Gasteiger partial charge in [-0.1, -0.05) is 0 Å². The number of carbonyl (C=O) groups is 1. The lowest BCUT2D eigenvalue weighted by molar-refractivity contribution is -0.126. The molecule has 0 radical (unpaired) electrons. The second-order valence-corrected chi connectivity index (χ2v) is 6.05. The van der Waals surface area contributed by atoms with Gasteiger partial charge in [0.1, 0.15) is 18.1 Å². The first-order valence-electron chi connectivity index (χ1n) is 8.57. The summed E-state index contributed by atoms with van der Waals surface area (Å²) in [5.41, 5.74) is 0. The van der Waals surface area contributed by atoms with Gasteiger partial charge in [0, 0.05) is 13.1 Å². The third-order valence-corrected chi connectivity index (χ3v) is 3.69. The molecule has 1 saturated heterocycles. The van der Waals surface area contributed by atoms with Crippen LogP contribution < -0.4 is 14.8 Å². The van der Waals surface area contributed by atoms with E-state index in [4.69, 9.17) is 14.2 Å². The van der Waals surface area contributed by atoms with Crippen LogP contribution in [0, 0.1) is 0 Å². The van der Waals surface area contributed by atoms with Crippen LogP contribution in [-0.2, 0) is 9.53 Å². The van der Waals surface area contributed by atoms with Gasteiger partial charge in [-0.15, -0.1) is 0 Å². The molecule has 2 atom stereocenters. The maximum absolute atomic E-state index is 12.0. The number of rotatable bonds is 8. The summed E-state index contributed by atoms with van der Waals surface area (Å²) >= 11 is 0. The van der Waals surface area contributed by atoms with Crippen LogP contribution in [0.15, 0.2) is 24.3 Å². The Balaban J connectivity index is 1.62. The van der Waals surface area contributed by atoms with Crippen molar-refractivity contribution in [3.8, 4) is 11.5 Å². The summed E-state index contributed by atoms with van der Waals surface area (Å²) in [5, 5.41) is 2.89. The molecule has 1 N–H and O–H groups in total. The Labute approximate surface area is 144 Å². The van der Waals surface area contributed by atoms with Crippen molar-refractivity contribution in [3.05, 3.63) is 24.3 Å². The Morgan fingerprint density at radius 2 is 1.75 bits per heavy atom. The normalized spacial score (nSPS) is 21.3. The minimum Gasteiger partial charge on any atom is -0.494 e. The summed E-state index contributed by atoms with van der Waals surface area (Å²) in [4.78, 5) is 14.1. The van der Waals surface area contributed by atoms with Crippen LogP contribution in [0.4, 0.5) is 0 Å². The number of benzene rings is 1. The fraction of sp³-hybridized carbons (Fsp3) is 0.611. The lowest BCUT2D eigenvalue weighted by Gasteiger charge is -2.34. The summed E-state index contributed by atoms with van der Waals surface area (Å²) in [6, 6.07) is 7.48. The zero-order valence-electron chi connectivity index (χ0n) is 14.8. The average Bonchev–Trinajstić information content (AvgIpc) is 2.52. The highest BCUT2D eigenvalue weighted by Crippen LogP contribution is 2.17. The summed E-state index contributed by atoms with van der Waals surface area (Å²) < 4.78 is 16.7. The Morgan fingerprint density at radius 3 is 2.33 bits per heavy atom. The number of nitrogens with zero attached hydrogens (tertiary/aromatic N) is 1. The Bertz CT molecular complexity index is 496. The van der Waals surface area contributed by atoms with Crippen molar-refractivity contribution < 1.29 is 19.0 Å². The predicted molar refractivity (Wildman–Crippen MR) is 92.6 cm³/mol. The molecule has 1 aromatic carbocycles. The van der Waals surface area contributed by atoms with E-state index in [0.29, 0.717) is 26.3 Å². The van der Waals surface area contributed by atoms with Crippen molar-refractivity contribution in [1.82, 2.24) is 10.2 Å². The first-order chi connectivity index (χ1) is 11.6. The highest BCUT2D eigenvalue weighted by molar-refractivity contribution is 5.78. The van der Waals surface area contributed by atoms with Crippen LogP contribution in [0.1, 0.15) is 20.8 Å². The maximum Gasteiger partial charge on any atom is 0.234 e. The number of carbonyl (C=O) groups excluding carboxylic acids is 1. The van der Waals surface area contributed by atoms with E-state index in [2.05, 4.69) is 10.2 Å². The molecule has 1 aliphatic heterocycles. The first kappa shape index (κ1) is 18.5. The van der Waals surface area contributed by atoms with Crippen LogP contribution in [0.25, 0.3) is 0 Å². The average molecular weight is 336 g/mol. The van der Waals surface area contributed by atoms with Crippen molar-refractivity contribution >= 4 is 5.91 Å². The molecular formula is C18H28N2O4. The predicted octanol–water partition coefficient (Wildman–Crippen LogP) is 1.69. The number of hydrogen-bond donors (Lipinski definition) is 1. The molecule has 0 bridgehead atoms. The smallest absolute Gasteiger partial charge is 0.234 e. The number of morpholine rings is 1. The van der Waals surface area contributed by atoms with Gasteiger partial charge in [-0.05, 0) is 45.0 Å². The van der Waals surface area contributed by atoms with E-state index in [1.54, 1.807) is 0 Å². The van der Waals surface area contributed by atoms with Crippen LogP contribution in [-0.4, -0.2) is 62.4 Å². The van der Waals surface area contributed by atoms with Gasteiger partial charge in [-0.3, -0.25) is 9.69 Å². The van der Waals surface area contributed by atoms with E-state index in [1.807, 2.05) is 45.0 Å². The van der Waals surface area contributed by atoms with E-state index < -0.39 is 0 Å². The summed E-state index contributed by atoms with van der Waals surface area (Å²) in [6.45, 7) is 9.58. The maximum atomic E-state index is 12.0. The molecule has 0 saturated carbocycles. The fourth-order valence-corrected chi connectivity index (χ4v) is 2.83. The van der Waals surface area contributed by atoms with Gasteiger partial charge in [-0.25, -0.2) is 0 Å². The summed E-state index contributed by atoms with van der Waals surface area (Å²) in [5.74, 6) is 1.61. The topological polar surface area (TPSA) is 60.0 Å². The van der Waals surface area contributed by atoms with Crippen LogP contribution in [0.5, 0.6) is 11.5 Å². The molecule has 0 aliphatic carbocycles. The molecule has 2 unspecified atom stereocenters. The van der Waals surface area contributed by atoms with E-state index in [0.717, 1.165) is 24.6 Å². The SMILES string of the molecule is CCOc1ccc(OCCNC(=O)CN2CC(C)OC(C)C2)cc1. The van der Waals surface area contributed by atoms with Gasteiger partial charge >= 0.3 is 0 Å². The third kappa shape index (κ3) is 6.37. The molecule has 2 rings (SSSR count). The number of ether oxygens (including phenoxy) is 3. The van der Waals surface area contributed by atoms with E-state index in [-0.39, 0.29) is 18.1 Å². The fourth-order valence-electron chi connectivity index (χ4n) is 2.83. The van der Waals surface area contributed by atoms with Gasteiger partial charge in [-0.2, -0.15) is 0 Å². The van der Waals surface area contributed by atoms with E-state index in [1.165, 1.54) is 0 Å². The van der Waals surface area contributed by atoms with Crippen molar-refractivity contribution in [2.45, 2.75) is 33.0 Å². The largest absolute Gasteiger partial charge is 0.494 e. The molecule has 0 spiro atoms. The highest BCUT2D eigenvalue weighted by atomic mass is 16.5. The summed E-state index contributed by atoms with van der Waals surface area (Å²) in [6.07, 6.45) is 0.342. The zero-order valence-corrected chi connectivity index (χ0v) is 14.8. The number of nitrogens with one attached hydrogen (secondary N) is 1. The van der Waals surface area contributed by atoms with Crippen molar-refractivity contribution in [3.63, 3.8) is 0 Å². The van der Waals surface area contributed by atoms with Crippen molar-refractivity contribution in [2.75, 3.05) is 39.4 Å². The minimum atomic E-state index is 0.0200. The molecular weight excluding hydrogens is 308 g/mol. The zero-order chi connectivity index (χ0) is 17.4. The Kier molecular flexibility index (Phi) is 7.34. The molecule has 1 fully saturated rings. The lowest BCUT2D eigenvalue weighted by Crippen LogP contribution is -2.49. The van der Waals surface area contributed by atoms with Crippen LogP contribution in [0.2, 0.25) is 0 Å². The monoisotopic (exact) mass is 336 g/mol. The van der Waals surface area contributed by atoms with Crippen LogP contribution in [0.3, 0.4) is 0 Å². The Hall–Kier alpha value is -1.79. The quantitative estimate of drug-likeness (QED) is 0.732. The van der Waals surface area contributed by atoms with E-state index >= 15 is 0 Å². The van der Waals surface area contributed by atoms with Gasteiger partial charge in [0.05, 0.1) is 31.9 Å². The summed E-state index contributed by atoms with van der Waals surface area (Å²) in [7, 11) is 0. The molecule has 24 heavy (non-hydrogen) atoms. The lowest BCUT2D eigenvalue weighted by atomic mass is 10.2. The van der Waals surface area contributed by atoms with Crippen molar-refractivity contribution in [1.29, 1.82) is 0 Å². The molecule has 1 aliphatic rings. The molecule has 6 heteroatoms. The third-order valence-electron chi connectivity index (χ3n) is 3.69. The molecule has 134 valence electrons. The second kappa shape index (κ2) is 9.49. The van der Waals surface area contributed by atoms with Crippen LogP contribution >= 0.6 is 0 Å². The van der Waals surface area contributed by atoms with Gasteiger partial charge in [0.15, 0.2) is 0 Å². The number of hydrogen-bond acceptors (Lipinski definition) is 5. The number of amides is 1. The molecule has 6 nitrogen and oxygen atoms in total. The standard InChI is InChI=1S/C18H28N2O4/c1-4-22-16-5-7-17(8-6-16)23-10-9-19-18(21)13-20-11-14(2)24-15(3)12-20/h5-8,14-15H,4,9-13H2,1-3H3,(H,19,21). The molecule has 1 heterocycles. The van der Waals surface area contributed by atoms with Gasteiger partial charge in [0.2, 0.25) is 5.91 Å². The van der Waals surface area contributed by atoms with Gasteiger partial charge < -0.3 is 19.5 Å².